The van der Waals surface area contributed by atoms with Crippen LogP contribution in [0, 0.1) is 0 Å². The second-order valence-electron chi connectivity index (χ2n) is 6.52. The molecule has 0 aromatic heterocycles. The van der Waals surface area contributed by atoms with E-state index in [1.165, 1.54) is 0 Å². The lowest BCUT2D eigenvalue weighted by atomic mass is 10.2. The van der Waals surface area contributed by atoms with Crippen molar-refractivity contribution in [1.82, 2.24) is 0 Å². The fraction of sp³-hybridized carbons (Fsp3) is 0.286. The molecule has 0 aliphatic heterocycles. The summed E-state index contributed by atoms with van der Waals surface area (Å²) >= 11 is 0. The van der Waals surface area contributed by atoms with Crippen molar-refractivity contribution in [3.05, 3.63) is 48.5 Å². The number of amides is 2. The summed E-state index contributed by atoms with van der Waals surface area (Å²) in [5, 5.41) is 11.6. The van der Waals surface area contributed by atoms with Crippen LogP contribution in [0.1, 0.15) is 26.7 Å². The van der Waals surface area contributed by atoms with Gasteiger partial charge < -0.3 is 32.7 Å². The molecule has 30 heavy (non-hydrogen) atoms. The van der Waals surface area contributed by atoms with Crippen molar-refractivity contribution >= 4 is 40.7 Å². The summed E-state index contributed by atoms with van der Waals surface area (Å²) in [5.74, 6) is 0.735. The number of nitrogens with two attached hydrogens (primary N) is 2. The van der Waals surface area contributed by atoms with Crippen LogP contribution >= 0.6 is 0 Å². The molecule has 0 unspecified atom stereocenters. The molecule has 0 spiro atoms. The zero-order valence-corrected chi connectivity index (χ0v) is 17.4. The van der Waals surface area contributed by atoms with Crippen LogP contribution in [0.4, 0.5) is 27.5 Å². The molecule has 0 bridgehead atoms. The Morgan fingerprint density at radius 1 is 0.667 bits per heavy atom. The predicted octanol–water partition coefficient (Wildman–Crippen LogP) is 3.60. The molecule has 9 nitrogen and oxygen atoms in total. The normalized spacial score (nSPS) is 11.7. The van der Waals surface area contributed by atoms with Crippen LogP contribution in [-0.2, 0) is 0 Å². The predicted molar refractivity (Wildman–Crippen MR) is 126 cm³/mol. The van der Waals surface area contributed by atoms with Crippen LogP contribution in [0.2, 0.25) is 0 Å². The Morgan fingerprint density at radius 2 is 0.967 bits per heavy atom. The van der Waals surface area contributed by atoms with Crippen molar-refractivity contribution in [2.75, 3.05) is 34.4 Å². The summed E-state index contributed by atoms with van der Waals surface area (Å²) < 4.78 is 0. The average molecular weight is 411 g/mol. The van der Waals surface area contributed by atoms with Gasteiger partial charge in [-0.05, 0) is 61.4 Å². The third kappa shape index (κ3) is 8.09. The van der Waals surface area contributed by atoms with Crippen molar-refractivity contribution in [2.45, 2.75) is 26.7 Å². The summed E-state index contributed by atoms with van der Waals surface area (Å²) in [6, 6.07) is 14.0. The van der Waals surface area contributed by atoms with Gasteiger partial charge in [0.25, 0.3) is 0 Å². The molecule has 0 heterocycles. The molecule has 9 heteroatoms. The number of nitrogens with one attached hydrogen (secondary N) is 4. The van der Waals surface area contributed by atoms with Gasteiger partial charge in [0.2, 0.25) is 0 Å². The summed E-state index contributed by atoms with van der Waals surface area (Å²) in [7, 11) is 0. The van der Waals surface area contributed by atoms with Crippen LogP contribution in [0.5, 0.6) is 0 Å². The zero-order valence-electron chi connectivity index (χ0n) is 17.4. The largest absolute Gasteiger partial charge is 0.370 e. The molecule has 2 aromatic rings. The van der Waals surface area contributed by atoms with Gasteiger partial charge in [-0.3, -0.25) is 9.98 Å². The highest BCUT2D eigenvalue weighted by atomic mass is 16.2. The van der Waals surface area contributed by atoms with Crippen LogP contribution < -0.4 is 32.7 Å². The lowest BCUT2D eigenvalue weighted by molar-refractivity contribution is 0.262. The van der Waals surface area contributed by atoms with E-state index < -0.39 is 0 Å². The van der Waals surface area contributed by atoms with Crippen LogP contribution in [0.25, 0.3) is 0 Å². The summed E-state index contributed by atoms with van der Waals surface area (Å²) in [5.41, 5.74) is 14.5. The second-order valence-corrected chi connectivity index (χ2v) is 6.52. The lowest BCUT2D eigenvalue weighted by Crippen LogP contribution is -2.23. The van der Waals surface area contributed by atoms with E-state index in [1.807, 2.05) is 38.1 Å². The van der Waals surface area contributed by atoms with Crippen molar-refractivity contribution in [2.24, 2.45) is 21.5 Å². The van der Waals surface area contributed by atoms with E-state index in [1.54, 1.807) is 24.3 Å². The van der Waals surface area contributed by atoms with E-state index in [9.17, 15) is 4.79 Å². The molecule has 2 amide bonds. The van der Waals surface area contributed by atoms with Gasteiger partial charge in [-0.1, -0.05) is 13.8 Å². The summed E-state index contributed by atoms with van der Waals surface area (Å²) in [6.07, 6.45) is 1.86. The third-order valence-corrected chi connectivity index (χ3v) is 3.84. The smallest absolute Gasteiger partial charge is 0.323 e. The molecular formula is C21H30N8O. The minimum atomic E-state index is -0.343. The van der Waals surface area contributed by atoms with E-state index in [4.69, 9.17) is 11.5 Å². The Bertz CT molecular complexity index is 788. The topological polar surface area (TPSA) is 142 Å². The maximum atomic E-state index is 12.2. The molecule has 2 aromatic carbocycles. The van der Waals surface area contributed by atoms with Crippen molar-refractivity contribution in [3.8, 4) is 0 Å². The van der Waals surface area contributed by atoms with Crippen LogP contribution in [-0.4, -0.2) is 31.0 Å². The number of rotatable bonds is 8. The minimum Gasteiger partial charge on any atom is -0.370 e. The molecule has 0 radical (unpaired) electrons. The van der Waals surface area contributed by atoms with E-state index >= 15 is 0 Å². The van der Waals surface area contributed by atoms with E-state index in [0.717, 1.165) is 24.2 Å². The number of carbonyl (C=O) groups excluding carboxylic acids is 1. The SMILES string of the molecule is CCCN=C(N)Nc1ccc(NC(=O)Nc2ccc(NC(N)=NCCC)cc2)cc1. The van der Waals surface area contributed by atoms with Crippen molar-refractivity contribution in [3.63, 3.8) is 0 Å². The molecule has 0 fully saturated rings. The Labute approximate surface area is 177 Å². The van der Waals surface area contributed by atoms with Crippen LogP contribution in [0.15, 0.2) is 58.5 Å². The molecule has 0 aliphatic carbocycles. The Kier molecular flexibility index (Phi) is 8.98. The van der Waals surface area contributed by atoms with Gasteiger partial charge in [-0.15, -0.1) is 0 Å². The quantitative estimate of drug-likeness (QED) is 0.291. The zero-order chi connectivity index (χ0) is 21.8. The molecule has 0 aliphatic rings. The van der Waals surface area contributed by atoms with Gasteiger partial charge in [0.05, 0.1) is 0 Å². The number of anilines is 4. The molecule has 0 saturated heterocycles. The average Bonchev–Trinajstić information content (AvgIpc) is 2.73. The van der Waals surface area contributed by atoms with Gasteiger partial charge in [-0.2, -0.15) is 0 Å². The number of guanidine groups is 2. The highest BCUT2D eigenvalue weighted by Crippen LogP contribution is 2.16. The number of nitrogens with zero attached hydrogens (tertiary/aromatic N) is 2. The van der Waals surface area contributed by atoms with Gasteiger partial charge in [0.15, 0.2) is 11.9 Å². The molecule has 0 saturated carbocycles. The fourth-order valence-electron chi connectivity index (χ4n) is 2.41. The standard InChI is InChI=1S/C21H30N8O/c1-3-13-24-19(22)26-15-5-9-17(10-6-15)28-21(30)29-18-11-7-16(8-12-18)27-20(23)25-14-4-2/h5-12H,3-4,13-14H2,1-2H3,(H3,22,24,26)(H3,23,25,27)(H2,28,29,30). The first kappa shape index (κ1) is 22.5. The van der Waals surface area contributed by atoms with Gasteiger partial charge >= 0.3 is 6.03 Å². The van der Waals surface area contributed by atoms with E-state index in [0.29, 0.717) is 36.4 Å². The van der Waals surface area contributed by atoms with Crippen molar-refractivity contribution in [1.29, 1.82) is 0 Å². The van der Waals surface area contributed by atoms with Gasteiger partial charge in [0, 0.05) is 35.8 Å². The Morgan fingerprint density at radius 3 is 1.27 bits per heavy atom. The number of urea groups is 1. The second kappa shape index (κ2) is 11.9. The fourth-order valence-corrected chi connectivity index (χ4v) is 2.41. The first-order chi connectivity index (χ1) is 14.5. The number of hydrogen-bond donors (Lipinski definition) is 6. The first-order valence-electron chi connectivity index (χ1n) is 9.92. The van der Waals surface area contributed by atoms with E-state index in [-0.39, 0.29) is 6.03 Å². The number of hydrogen-bond acceptors (Lipinski definition) is 3. The number of benzene rings is 2. The van der Waals surface area contributed by atoms with Gasteiger partial charge in [0.1, 0.15) is 0 Å². The molecule has 2 rings (SSSR count). The summed E-state index contributed by atoms with van der Waals surface area (Å²) in [4.78, 5) is 20.6. The molecule has 160 valence electrons. The third-order valence-electron chi connectivity index (χ3n) is 3.84. The lowest BCUT2D eigenvalue weighted by Gasteiger charge is -2.10. The maximum Gasteiger partial charge on any atom is 0.323 e. The maximum absolute atomic E-state index is 12.2. The molecular weight excluding hydrogens is 380 g/mol. The summed E-state index contributed by atoms with van der Waals surface area (Å²) in [6.45, 7) is 5.42. The molecule has 8 N–H and O–H groups in total. The minimum absolute atomic E-state index is 0.343. The highest BCUT2D eigenvalue weighted by molar-refractivity contribution is 6.00. The first-order valence-corrected chi connectivity index (χ1v) is 9.92. The Balaban J connectivity index is 1.85. The Hall–Kier alpha value is -3.75. The number of carbonyl (C=O) groups is 1. The molecule has 0 atom stereocenters. The van der Waals surface area contributed by atoms with E-state index in [2.05, 4.69) is 31.3 Å². The highest BCUT2D eigenvalue weighted by Gasteiger charge is 2.04. The monoisotopic (exact) mass is 410 g/mol. The van der Waals surface area contributed by atoms with Gasteiger partial charge in [-0.25, -0.2) is 4.79 Å². The van der Waals surface area contributed by atoms with Crippen molar-refractivity contribution < 1.29 is 4.79 Å². The number of aliphatic imine (C=N–C) groups is 2. The van der Waals surface area contributed by atoms with Crippen LogP contribution in [0.3, 0.4) is 0 Å².